The summed E-state index contributed by atoms with van der Waals surface area (Å²) in [4.78, 5) is 11.6. The Hall–Kier alpha value is -1.81. The van der Waals surface area contributed by atoms with Gasteiger partial charge in [0.25, 0.3) is 0 Å². The van der Waals surface area contributed by atoms with Crippen LogP contribution in [0.4, 0.5) is 0 Å². The molecule has 2 aromatic rings. The van der Waals surface area contributed by atoms with Crippen molar-refractivity contribution in [2.75, 3.05) is 6.54 Å². The van der Waals surface area contributed by atoms with E-state index in [4.69, 9.17) is 5.73 Å². The van der Waals surface area contributed by atoms with Gasteiger partial charge < -0.3 is 15.4 Å². The van der Waals surface area contributed by atoms with E-state index in [2.05, 4.69) is 19.2 Å². The molecule has 0 aliphatic rings. The molecule has 0 bridgehead atoms. The van der Waals surface area contributed by atoms with Crippen molar-refractivity contribution in [2.45, 2.75) is 39.7 Å². The number of rotatable bonds is 6. The molecule has 0 radical (unpaired) electrons. The third-order valence-corrected chi connectivity index (χ3v) is 3.74. The van der Waals surface area contributed by atoms with Gasteiger partial charge in [-0.3, -0.25) is 0 Å². The van der Waals surface area contributed by atoms with E-state index in [1.165, 1.54) is 5.56 Å². The van der Waals surface area contributed by atoms with Gasteiger partial charge in [-0.15, -0.1) is 0 Å². The third kappa shape index (κ3) is 2.56. The zero-order chi connectivity index (χ0) is 14.7. The number of aryl methyl sites for hydroxylation is 3. The second-order valence-electron chi connectivity index (χ2n) is 5.04. The molecule has 0 aliphatic heterocycles. The van der Waals surface area contributed by atoms with Crippen molar-refractivity contribution in [2.24, 2.45) is 5.73 Å². The Morgan fingerprint density at radius 2 is 2.05 bits per heavy atom. The summed E-state index contributed by atoms with van der Waals surface area (Å²) in [6.07, 6.45) is 4.67. The Kier molecular flexibility index (Phi) is 4.45. The summed E-state index contributed by atoms with van der Waals surface area (Å²) in [5.74, 6) is -0.861. The molecule has 1 aromatic heterocycles. The van der Waals surface area contributed by atoms with Crippen molar-refractivity contribution in [1.29, 1.82) is 0 Å². The normalized spacial score (nSPS) is 11.2. The minimum Gasteiger partial charge on any atom is -0.478 e. The molecule has 2 rings (SSSR count). The number of fused-ring (bicyclic) bond motifs is 1. The van der Waals surface area contributed by atoms with Crippen LogP contribution in [0.5, 0.6) is 0 Å². The average Bonchev–Trinajstić information content (AvgIpc) is 2.81. The molecule has 0 unspecified atom stereocenters. The second kappa shape index (κ2) is 6.09. The van der Waals surface area contributed by atoms with E-state index < -0.39 is 5.97 Å². The Labute approximate surface area is 119 Å². The molecule has 0 saturated heterocycles. The van der Waals surface area contributed by atoms with E-state index >= 15 is 0 Å². The molecule has 108 valence electrons. The van der Waals surface area contributed by atoms with Gasteiger partial charge in [-0.05, 0) is 49.1 Å². The molecule has 0 atom stereocenters. The molecule has 1 aromatic carbocycles. The fraction of sp³-hybridized carbons (Fsp3) is 0.438. The highest BCUT2D eigenvalue weighted by atomic mass is 16.4. The first-order valence-electron chi connectivity index (χ1n) is 7.20. The van der Waals surface area contributed by atoms with Crippen molar-refractivity contribution in [3.63, 3.8) is 0 Å². The lowest BCUT2D eigenvalue weighted by molar-refractivity contribution is 0.0698. The number of benzene rings is 1. The summed E-state index contributed by atoms with van der Waals surface area (Å²) in [6.45, 7) is 5.51. The van der Waals surface area contributed by atoms with Gasteiger partial charge in [0.05, 0.1) is 11.1 Å². The zero-order valence-corrected chi connectivity index (χ0v) is 12.1. The third-order valence-electron chi connectivity index (χ3n) is 3.74. The van der Waals surface area contributed by atoms with Gasteiger partial charge in [-0.2, -0.15) is 0 Å². The average molecular weight is 274 g/mol. The van der Waals surface area contributed by atoms with E-state index in [-0.39, 0.29) is 0 Å². The molecule has 0 saturated carbocycles. The van der Waals surface area contributed by atoms with Gasteiger partial charge in [0.1, 0.15) is 0 Å². The van der Waals surface area contributed by atoms with Crippen molar-refractivity contribution >= 4 is 16.9 Å². The zero-order valence-electron chi connectivity index (χ0n) is 12.1. The van der Waals surface area contributed by atoms with Gasteiger partial charge in [-0.25, -0.2) is 4.79 Å². The first-order chi connectivity index (χ1) is 9.62. The van der Waals surface area contributed by atoms with Gasteiger partial charge in [0.15, 0.2) is 0 Å². The number of aromatic carboxylic acids is 1. The number of nitrogens with zero attached hydrogens (tertiary/aromatic N) is 1. The van der Waals surface area contributed by atoms with Crippen LogP contribution < -0.4 is 5.73 Å². The van der Waals surface area contributed by atoms with E-state index in [9.17, 15) is 9.90 Å². The summed E-state index contributed by atoms with van der Waals surface area (Å²) in [6, 6.07) is 3.92. The van der Waals surface area contributed by atoms with Gasteiger partial charge in [-0.1, -0.05) is 13.8 Å². The predicted molar refractivity (Wildman–Crippen MR) is 81.3 cm³/mol. The quantitative estimate of drug-likeness (QED) is 0.851. The number of carbonyl (C=O) groups is 1. The topological polar surface area (TPSA) is 68.2 Å². The van der Waals surface area contributed by atoms with Crippen molar-refractivity contribution < 1.29 is 9.90 Å². The van der Waals surface area contributed by atoms with Crippen LogP contribution in [-0.4, -0.2) is 22.2 Å². The van der Waals surface area contributed by atoms with Crippen LogP contribution in [0.3, 0.4) is 0 Å². The van der Waals surface area contributed by atoms with E-state index in [1.54, 1.807) is 6.07 Å². The molecule has 3 N–H and O–H groups in total. The van der Waals surface area contributed by atoms with Gasteiger partial charge in [0, 0.05) is 18.1 Å². The van der Waals surface area contributed by atoms with Crippen LogP contribution in [0.25, 0.3) is 10.9 Å². The monoisotopic (exact) mass is 274 g/mol. The standard InChI is InChI=1S/C16H22N2O2/c1-3-11-8-13-12(4-2)10-18(7-5-6-17)15(13)14(9-11)16(19)20/h8-10H,3-7,17H2,1-2H3,(H,19,20). The molecule has 1 heterocycles. The van der Waals surface area contributed by atoms with Crippen molar-refractivity contribution in [1.82, 2.24) is 4.57 Å². The maximum Gasteiger partial charge on any atom is 0.337 e. The summed E-state index contributed by atoms with van der Waals surface area (Å²) in [5.41, 5.74) is 9.08. The van der Waals surface area contributed by atoms with Crippen LogP contribution in [-0.2, 0) is 19.4 Å². The molecule has 4 nitrogen and oxygen atoms in total. The van der Waals surface area contributed by atoms with Crippen LogP contribution in [0.2, 0.25) is 0 Å². The maximum absolute atomic E-state index is 11.6. The molecule has 4 heteroatoms. The largest absolute Gasteiger partial charge is 0.478 e. The second-order valence-corrected chi connectivity index (χ2v) is 5.04. The molecule has 20 heavy (non-hydrogen) atoms. The van der Waals surface area contributed by atoms with Crippen molar-refractivity contribution in [3.8, 4) is 0 Å². The Morgan fingerprint density at radius 3 is 2.60 bits per heavy atom. The first-order valence-corrected chi connectivity index (χ1v) is 7.20. The lowest BCUT2D eigenvalue weighted by Gasteiger charge is -2.08. The molecule has 0 amide bonds. The molecular formula is C16H22N2O2. The smallest absolute Gasteiger partial charge is 0.337 e. The first kappa shape index (κ1) is 14.6. The highest BCUT2D eigenvalue weighted by Crippen LogP contribution is 2.28. The highest BCUT2D eigenvalue weighted by Gasteiger charge is 2.16. The predicted octanol–water partition coefficient (Wildman–Crippen LogP) is 2.81. The number of hydrogen-bond donors (Lipinski definition) is 2. The minimum atomic E-state index is -0.861. The number of hydrogen-bond acceptors (Lipinski definition) is 2. The van der Waals surface area contributed by atoms with Crippen LogP contribution >= 0.6 is 0 Å². The van der Waals surface area contributed by atoms with E-state index in [0.717, 1.165) is 42.3 Å². The number of aromatic nitrogens is 1. The summed E-state index contributed by atoms with van der Waals surface area (Å²) < 4.78 is 2.05. The number of carboxylic acids is 1. The number of nitrogens with two attached hydrogens (primary N) is 1. The lowest BCUT2D eigenvalue weighted by atomic mass is 10.0. The lowest BCUT2D eigenvalue weighted by Crippen LogP contribution is -2.07. The summed E-state index contributed by atoms with van der Waals surface area (Å²) >= 11 is 0. The molecular weight excluding hydrogens is 252 g/mol. The van der Waals surface area contributed by atoms with Crippen molar-refractivity contribution in [3.05, 3.63) is 35.0 Å². The van der Waals surface area contributed by atoms with Crippen LogP contribution in [0, 0.1) is 0 Å². The Balaban J connectivity index is 2.72. The fourth-order valence-corrected chi connectivity index (χ4v) is 2.66. The van der Waals surface area contributed by atoms with E-state index in [0.29, 0.717) is 12.1 Å². The Morgan fingerprint density at radius 1 is 1.30 bits per heavy atom. The van der Waals surface area contributed by atoms with Crippen LogP contribution in [0.15, 0.2) is 18.3 Å². The summed E-state index contributed by atoms with van der Waals surface area (Å²) in [7, 11) is 0. The number of carboxylic acid groups (broad SMARTS) is 1. The fourth-order valence-electron chi connectivity index (χ4n) is 2.66. The summed E-state index contributed by atoms with van der Waals surface area (Å²) in [5, 5.41) is 10.6. The van der Waals surface area contributed by atoms with Gasteiger partial charge >= 0.3 is 5.97 Å². The molecule has 0 fully saturated rings. The molecule has 0 spiro atoms. The SMILES string of the molecule is CCc1cc(C(=O)O)c2c(c1)c(CC)cn2CCCN. The highest BCUT2D eigenvalue weighted by molar-refractivity contribution is 6.03. The van der Waals surface area contributed by atoms with Crippen LogP contribution in [0.1, 0.15) is 41.8 Å². The maximum atomic E-state index is 11.6. The van der Waals surface area contributed by atoms with Gasteiger partial charge in [0.2, 0.25) is 0 Å². The minimum absolute atomic E-state index is 0.399. The molecule has 0 aliphatic carbocycles. The Bertz CT molecular complexity index is 629. The van der Waals surface area contributed by atoms with E-state index in [1.807, 2.05) is 11.5 Å².